The van der Waals surface area contributed by atoms with E-state index >= 15 is 0 Å². The van der Waals surface area contributed by atoms with Crippen LogP contribution >= 0.6 is 11.3 Å². The van der Waals surface area contributed by atoms with E-state index in [-0.39, 0.29) is 0 Å². The van der Waals surface area contributed by atoms with Gasteiger partial charge in [0.25, 0.3) is 0 Å². The lowest BCUT2D eigenvalue weighted by molar-refractivity contribution is 0.670. The van der Waals surface area contributed by atoms with Crippen molar-refractivity contribution in [2.24, 2.45) is 0 Å². The standard InChI is InChI=1S/C52H31N3OS/c1-4-14-32(15-5-1)44-31-45(33-16-6-2-7-17-33)54-52(53-44)43-24-13-23-41-42-29-28-39-37-27-26-34(36-21-12-22-40-38-20-10-11-25-47(38)56-49(36)40)30-46(37)55(35-18-8-3-9-19-35)48(39)51(42)57-50(41)43/h1-31H. The van der Waals surface area contributed by atoms with Gasteiger partial charge in [-0.1, -0.05) is 152 Å². The third-order valence-corrected chi connectivity index (χ3v) is 12.5. The Morgan fingerprint density at radius 1 is 0.421 bits per heavy atom. The Kier molecular flexibility index (Phi) is 7.06. The molecule has 0 aliphatic heterocycles. The van der Waals surface area contributed by atoms with Gasteiger partial charge in [-0.05, 0) is 42.0 Å². The number of hydrogen-bond donors (Lipinski definition) is 0. The molecule has 0 atom stereocenters. The van der Waals surface area contributed by atoms with Gasteiger partial charge in [-0.25, -0.2) is 9.97 Å². The molecule has 0 fully saturated rings. The number of rotatable bonds is 5. The predicted octanol–water partition coefficient (Wildman–Crippen LogP) is 14.5. The molecule has 8 aromatic carbocycles. The predicted molar refractivity (Wildman–Crippen MR) is 238 cm³/mol. The number of hydrogen-bond acceptors (Lipinski definition) is 4. The summed E-state index contributed by atoms with van der Waals surface area (Å²) in [5.74, 6) is 0.719. The minimum absolute atomic E-state index is 0.719. The van der Waals surface area contributed by atoms with Crippen molar-refractivity contribution in [2.45, 2.75) is 0 Å². The first-order chi connectivity index (χ1) is 28.3. The van der Waals surface area contributed by atoms with Crippen LogP contribution in [0, 0.1) is 0 Å². The van der Waals surface area contributed by atoms with E-state index in [9.17, 15) is 0 Å². The first kappa shape index (κ1) is 32.0. The van der Waals surface area contributed by atoms with Crippen LogP contribution < -0.4 is 0 Å². The van der Waals surface area contributed by atoms with Crippen molar-refractivity contribution in [2.75, 3.05) is 0 Å². The van der Waals surface area contributed by atoms with Gasteiger partial charge in [-0.2, -0.15) is 0 Å². The van der Waals surface area contributed by atoms with Gasteiger partial charge in [0.1, 0.15) is 11.2 Å². The van der Waals surface area contributed by atoms with Gasteiger partial charge in [0.15, 0.2) is 5.82 Å². The van der Waals surface area contributed by atoms with Gasteiger partial charge >= 0.3 is 0 Å². The van der Waals surface area contributed by atoms with Crippen LogP contribution in [-0.4, -0.2) is 14.5 Å². The van der Waals surface area contributed by atoms with Crippen molar-refractivity contribution >= 4 is 75.3 Å². The molecule has 0 spiro atoms. The quantitative estimate of drug-likeness (QED) is 0.176. The van der Waals surface area contributed by atoms with Crippen LogP contribution in [0.5, 0.6) is 0 Å². The molecule has 12 rings (SSSR count). The summed E-state index contributed by atoms with van der Waals surface area (Å²) in [4.78, 5) is 10.5. The summed E-state index contributed by atoms with van der Waals surface area (Å²) >= 11 is 1.83. The van der Waals surface area contributed by atoms with E-state index in [0.29, 0.717) is 0 Å². The van der Waals surface area contributed by atoms with E-state index in [4.69, 9.17) is 14.4 Å². The molecule has 0 radical (unpaired) electrons. The molecule has 5 heteroatoms. The Bertz CT molecular complexity index is 3450. The molecule has 0 amide bonds. The SMILES string of the molecule is c1ccc(-c2cc(-c3ccccc3)nc(-c3cccc4c3sc3c4ccc4c5ccc(-c6cccc7c6oc6ccccc67)cc5n(-c5ccccc5)c43)n2)cc1. The van der Waals surface area contributed by atoms with Gasteiger partial charge < -0.3 is 8.98 Å². The molecule has 4 heterocycles. The average Bonchev–Trinajstić information content (AvgIpc) is 3.97. The van der Waals surface area contributed by atoms with E-state index in [1.54, 1.807) is 0 Å². The lowest BCUT2D eigenvalue weighted by Gasteiger charge is -2.10. The maximum atomic E-state index is 6.51. The molecule has 266 valence electrons. The Labute approximate surface area is 331 Å². The number of furan rings is 1. The summed E-state index contributed by atoms with van der Waals surface area (Å²) in [6.45, 7) is 0. The minimum atomic E-state index is 0.719. The van der Waals surface area contributed by atoms with Gasteiger partial charge in [-0.3, -0.25) is 0 Å². The third-order valence-electron chi connectivity index (χ3n) is 11.2. The van der Waals surface area contributed by atoms with Crippen molar-refractivity contribution < 1.29 is 4.42 Å². The fourth-order valence-electron chi connectivity index (χ4n) is 8.60. The lowest BCUT2D eigenvalue weighted by Crippen LogP contribution is -1.96. The van der Waals surface area contributed by atoms with E-state index < -0.39 is 0 Å². The van der Waals surface area contributed by atoms with Gasteiger partial charge in [0.2, 0.25) is 0 Å². The highest BCUT2D eigenvalue weighted by Crippen LogP contribution is 2.46. The Hall–Kier alpha value is -7.34. The van der Waals surface area contributed by atoms with Crippen LogP contribution in [0.2, 0.25) is 0 Å². The number of aromatic nitrogens is 3. The molecule has 0 unspecified atom stereocenters. The number of thiophene rings is 1. The summed E-state index contributed by atoms with van der Waals surface area (Å²) in [6, 6.07) is 66.4. The zero-order chi connectivity index (χ0) is 37.5. The molecule has 12 aromatic rings. The lowest BCUT2D eigenvalue weighted by atomic mass is 10.0. The highest BCUT2D eigenvalue weighted by atomic mass is 32.1. The van der Waals surface area contributed by atoms with Crippen LogP contribution in [0.25, 0.3) is 115 Å². The molecular formula is C52H31N3OS. The van der Waals surface area contributed by atoms with Crippen molar-refractivity contribution in [3.8, 4) is 50.7 Å². The van der Waals surface area contributed by atoms with Gasteiger partial charge in [0.05, 0.1) is 27.1 Å². The first-order valence-corrected chi connectivity index (χ1v) is 20.0. The maximum absolute atomic E-state index is 6.51. The molecule has 0 N–H and O–H groups in total. The third kappa shape index (κ3) is 4.99. The Morgan fingerprint density at radius 3 is 1.77 bits per heavy atom. The molecule has 0 saturated heterocycles. The topological polar surface area (TPSA) is 43.9 Å². The fraction of sp³-hybridized carbons (Fsp3) is 0. The van der Waals surface area contributed by atoms with Crippen molar-refractivity contribution in [3.05, 3.63) is 188 Å². The zero-order valence-electron chi connectivity index (χ0n) is 30.6. The summed E-state index contributed by atoms with van der Waals surface area (Å²) in [6.07, 6.45) is 0. The van der Waals surface area contributed by atoms with Gasteiger partial charge in [-0.15, -0.1) is 11.3 Å². The molecule has 57 heavy (non-hydrogen) atoms. The van der Waals surface area contributed by atoms with Crippen LogP contribution in [-0.2, 0) is 0 Å². The minimum Gasteiger partial charge on any atom is -0.455 e. The highest BCUT2D eigenvalue weighted by Gasteiger charge is 2.22. The average molecular weight is 746 g/mol. The molecule has 4 aromatic heterocycles. The Balaban J connectivity index is 1.12. The van der Waals surface area contributed by atoms with Crippen molar-refractivity contribution in [1.29, 1.82) is 0 Å². The van der Waals surface area contributed by atoms with Crippen molar-refractivity contribution in [1.82, 2.24) is 14.5 Å². The highest BCUT2D eigenvalue weighted by molar-refractivity contribution is 7.27. The number of nitrogens with zero attached hydrogens (tertiary/aromatic N) is 3. The summed E-state index contributed by atoms with van der Waals surface area (Å²) in [5.41, 5.74) is 12.4. The van der Waals surface area contributed by atoms with E-state index in [1.165, 1.54) is 36.5 Å². The molecule has 0 aliphatic rings. The normalized spacial score (nSPS) is 11.9. The van der Waals surface area contributed by atoms with Crippen molar-refractivity contribution in [3.63, 3.8) is 0 Å². The van der Waals surface area contributed by atoms with Gasteiger partial charge in [0, 0.05) is 65.0 Å². The Morgan fingerprint density at radius 2 is 1.02 bits per heavy atom. The zero-order valence-corrected chi connectivity index (χ0v) is 31.4. The number of para-hydroxylation sites is 3. The summed E-state index contributed by atoms with van der Waals surface area (Å²) < 4.78 is 11.4. The number of fused-ring (bicyclic) bond motifs is 10. The smallest absolute Gasteiger partial charge is 0.161 e. The molecule has 4 nitrogen and oxygen atoms in total. The summed E-state index contributed by atoms with van der Waals surface area (Å²) in [7, 11) is 0. The largest absolute Gasteiger partial charge is 0.455 e. The fourth-order valence-corrected chi connectivity index (χ4v) is 9.94. The first-order valence-electron chi connectivity index (χ1n) is 19.2. The summed E-state index contributed by atoms with van der Waals surface area (Å²) in [5, 5.41) is 7.11. The van der Waals surface area contributed by atoms with Crippen LogP contribution in [0.4, 0.5) is 0 Å². The van der Waals surface area contributed by atoms with E-state index in [0.717, 1.165) is 78.2 Å². The molecular weight excluding hydrogens is 715 g/mol. The monoisotopic (exact) mass is 745 g/mol. The van der Waals surface area contributed by atoms with E-state index in [1.807, 2.05) is 35.6 Å². The second kappa shape index (κ2) is 12.6. The van der Waals surface area contributed by atoms with E-state index in [2.05, 4.69) is 168 Å². The maximum Gasteiger partial charge on any atom is 0.161 e. The molecule has 0 bridgehead atoms. The number of benzene rings is 8. The second-order valence-electron chi connectivity index (χ2n) is 14.5. The molecule has 0 aliphatic carbocycles. The van der Waals surface area contributed by atoms with Crippen LogP contribution in [0.1, 0.15) is 0 Å². The molecule has 0 saturated carbocycles. The second-order valence-corrected chi connectivity index (χ2v) is 15.5. The van der Waals surface area contributed by atoms with Crippen LogP contribution in [0.15, 0.2) is 192 Å². The van der Waals surface area contributed by atoms with Crippen LogP contribution in [0.3, 0.4) is 0 Å².